The topological polar surface area (TPSA) is 35.5 Å². The predicted molar refractivity (Wildman–Crippen MR) is 54.3 cm³/mol. The summed E-state index contributed by atoms with van der Waals surface area (Å²) in [6.45, 7) is 1.93. The summed E-state index contributed by atoms with van der Waals surface area (Å²) < 4.78 is 21.9. The van der Waals surface area contributed by atoms with E-state index in [1.807, 2.05) is 13.0 Å². The van der Waals surface area contributed by atoms with Gasteiger partial charge in [0.25, 0.3) is 0 Å². The fourth-order valence-corrected chi connectivity index (χ4v) is 1.97. The van der Waals surface area contributed by atoms with Gasteiger partial charge in [-0.1, -0.05) is 6.08 Å². The summed E-state index contributed by atoms with van der Waals surface area (Å²) in [4.78, 5) is 0. The Morgan fingerprint density at radius 1 is 1.55 bits per heavy atom. The first-order valence-corrected chi connectivity index (χ1v) is 5.87. The third kappa shape index (κ3) is 4.95. The molecule has 0 aromatic rings. The van der Waals surface area contributed by atoms with Crippen molar-refractivity contribution in [3.05, 3.63) is 9.66 Å². The Kier molecular flexibility index (Phi) is 5.60. The zero-order valence-electron chi connectivity index (χ0n) is 6.83. The van der Waals surface area contributed by atoms with E-state index in [4.69, 9.17) is 9.05 Å². The lowest BCUT2D eigenvalue weighted by atomic mass is 10.6. The number of hydrogen-bond donors (Lipinski definition) is 0. The van der Waals surface area contributed by atoms with Crippen LogP contribution in [-0.2, 0) is 13.6 Å². The van der Waals surface area contributed by atoms with Crippen molar-refractivity contribution < 1.29 is 13.6 Å². The summed E-state index contributed by atoms with van der Waals surface area (Å²) in [6, 6.07) is 0. The van der Waals surface area contributed by atoms with Crippen LogP contribution in [-0.4, -0.2) is 20.4 Å². The van der Waals surface area contributed by atoms with Crippen molar-refractivity contribution in [2.24, 2.45) is 0 Å². The highest BCUT2D eigenvalue weighted by molar-refractivity contribution is 14.1. The van der Waals surface area contributed by atoms with Crippen molar-refractivity contribution >= 4 is 30.2 Å². The van der Waals surface area contributed by atoms with Crippen LogP contribution in [0.15, 0.2) is 9.66 Å². The van der Waals surface area contributed by atoms with E-state index in [1.54, 1.807) is 0 Å². The van der Waals surface area contributed by atoms with Crippen LogP contribution in [0.2, 0.25) is 0 Å². The van der Waals surface area contributed by atoms with Crippen molar-refractivity contribution in [3.63, 3.8) is 0 Å². The zero-order valence-corrected chi connectivity index (χ0v) is 9.89. The third-order valence-corrected chi connectivity index (χ3v) is 3.34. The van der Waals surface area contributed by atoms with Gasteiger partial charge in [-0.25, -0.2) is 0 Å². The smallest absolute Gasteiger partial charge is 0.312 e. The molecule has 0 atom stereocenters. The van der Waals surface area contributed by atoms with E-state index in [2.05, 4.69) is 22.6 Å². The number of allylic oxidation sites excluding steroid dienone is 2. The molecule has 11 heavy (non-hydrogen) atoms. The van der Waals surface area contributed by atoms with Crippen LogP contribution in [0.4, 0.5) is 0 Å². The van der Waals surface area contributed by atoms with Gasteiger partial charge in [0, 0.05) is 14.2 Å². The maximum atomic E-state index is 11.4. The molecular formula is C6H12IO3P. The molecule has 0 saturated heterocycles. The minimum atomic E-state index is -2.82. The first-order chi connectivity index (χ1) is 5.04. The second-order valence-corrected chi connectivity index (χ2v) is 5.97. The quantitative estimate of drug-likeness (QED) is 0.590. The average molecular weight is 290 g/mol. The van der Waals surface area contributed by atoms with E-state index >= 15 is 0 Å². The fraction of sp³-hybridized carbons (Fsp3) is 0.667. The Morgan fingerprint density at radius 3 is 2.27 bits per heavy atom. The fourth-order valence-electron chi connectivity index (χ4n) is 0.461. The van der Waals surface area contributed by atoms with Gasteiger partial charge in [0.2, 0.25) is 0 Å². The van der Waals surface area contributed by atoms with Gasteiger partial charge in [-0.15, -0.1) is 0 Å². The van der Waals surface area contributed by atoms with E-state index in [0.717, 1.165) is 3.58 Å². The molecule has 0 amide bonds. The highest BCUT2D eigenvalue weighted by Gasteiger charge is 2.18. The van der Waals surface area contributed by atoms with Gasteiger partial charge < -0.3 is 9.05 Å². The Balaban J connectivity index is 4.10. The van der Waals surface area contributed by atoms with Gasteiger partial charge >= 0.3 is 7.60 Å². The maximum absolute atomic E-state index is 11.4. The van der Waals surface area contributed by atoms with Crippen molar-refractivity contribution in [2.75, 3.05) is 20.4 Å². The second-order valence-electron chi connectivity index (χ2n) is 1.95. The molecule has 0 heterocycles. The number of halogens is 1. The molecule has 0 unspecified atom stereocenters. The normalized spacial score (nSPS) is 13.6. The monoisotopic (exact) mass is 290 g/mol. The third-order valence-electron chi connectivity index (χ3n) is 1.15. The average Bonchev–Trinajstić information content (AvgIpc) is 2.00. The van der Waals surface area contributed by atoms with Crippen LogP contribution in [0.1, 0.15) is 6.92 Å². The summed E-state index contributed by atoms with van der Waals surface area (Å²) in [5.74, 6) is 0. The van der Waals surface area contributed by atoms with E-state index < -0.39 is 7.60 Å². The summed E-state index contributed by atoms with van der Waals surface area (Å²) in [7, 11) is -0.0372. The standard InChI is InChI=1S/C6H12IO3P/c1-6(7)4-5-11(8,9-2)10-3/h4H,5H2,1-3H3/b6-4-. The van der Waals surface area contributed by atoms with Crippen molar-refractivity contribution in [2.45, 2.75) is 6.92 Å². The van der Waals surface area contributed by atoms with E-state index in [1.165, 1.54) is 14.2 Å². The summed E-state index contributed by atoms with van der Waals surface area (Å²) >= 11 is 2.14. The highest BCUT2D eigenvalue weighted by atomic mass is 127. The van der Waals surface area contributed by atoms with Crippen LogP contribution in [0.25, 0.3) is 0 Å². The first-order valence-electron chi connectivity index (χ1n) is 3.07. The molecule has 0 rings (SSSR count). The molecule has 66 valence electrons. The molecule has 0 fully saturated rings. The van der Waals surface area contributed by atoms with Crippen molar-refractivity contribution in [3.8, 4) is 0 Å². The van der Waals surface area contributed by atoms with E-state index in [-0.39, 0.29) is 0 Å². The summed E-state index contributed by atoms with van der Waals surface area (Å²) in [5, 5.41) is 0. The molecule has 0 aromatic carbocycles. The Labute approximate surface area is 80.8 Å². The molecule has 5 heteroatoms. The molecule has 0 aliphatic rings. The van der Waals surface area contributed by atoms with Gasteiger partial charge in [0.15, 0.2) is 0 Å². The molecule has 0 bridgehead atoms. The van der Waals surface area contributed by atoms with Gasteiger partial charge in [-0.3, -0.25) is 4.57 Å². The lowest BCUT2D eigenvalue weighted by Crippen LogP contribution is -1.91. The van der Waals surface area contributed by atoms with Crippen LogP contribution >= 0.6 is 30.2 Å². The lowest BCUT2D eigenvalue weighted by molar-refractivity contribution is 0.279. The molecule has 0 N–H and O–H groups in total. The van der Waals surface area contributed by atoms with Crippen molar-refractivity contribution in [1.82, 2.24) is 0 Å². The Bertz CT molecular complexity index is 178. The second kappa shape index (κ2) is 5.30. The number of hydrogen-bond acceptors (Lipinski definition) is 3. The number of rotatable bonds is 4. The predicted octanol–water partition coefficient (Wildman–Crippen LogP) is 2.81. The summed E-state index contributed by atoms with van der Waals surface area (Å²) in [6.07, 6.45) is 2.17. The summed E-state index contributed by atoms with van der Waals surface area (Å²) in [5.41, 5.74) is 0. The van der Waals surface area contributed by atoms with Gasteiger partial charge in [-0.2, -0.15) is 0 Å². The van der Waals surface area contributed by atoms with Crippen LogP contribution in [0.5, 0.6) is 0 Å². The Hall–Kier alpha value is 0.620. The highest BCUT2D eigenvalue weighted by Crippen LogP contribution is 2.46. The SMILES string of the molecule is COP(=O)(C/C=C(/C)I)OC. The zero-order chi connectivity index (χ0) is 8.91. The molecule has 3 nitrogen and oxygen atoms in total. The maximum Gasteiger partial charge on any atom is 0.333 e. The van der Waals surface area contributed by atoms with Gasteiger partial charge in [-0.05, 0) is 33.1 Å². The molecule has 0 aliphatic carbocycles. The molecule has 0 aliphatic heterocycles. The van der Waals surface area contributed by atoms with E-state index in [0.29, 0.717) is 6.16 Å². The minimum absolute atomic E-state index is 0.342. The van der Waals surface area contributed by atoms with Crippen LogP contribution < -0.4 is 0 Å². The molecule has 0 radical (unpaired) electrons. The molecular weight excluding hydrogens is 278 g/mol. The molecule has 0 spiro atoms. The van der Waals surface area contributed by atoms with E-state index in [9.17, 15) is 4.57 Å². The lowest BCUT2D eigenvalue weighted by Gasteiger charge is -2.10. The van der Waals surface area contributed by atoms with Crippen LogP contribution in [0.3, 0.4) is 0 Å². The van der Waals surface area contributed by atoms with Crippen LogP contribution in [0, 0.1) is 0 Å². The molecule has 0 aromatic heterocycles. The molecule has 0 saturated carbocycles. The Morgan fingerprint density at radius 2 is 2.00 bits per heavy atom. The van der Waals surface area contributed by atoms with Crippen molar-refractivity contribution in [1.29, 1.82) is 0 Å². The largest absolute Gasteiger partial charge is 0.333 e. The van der Waals surface area contributed by atoms with Gasteiger partial charge in [0.05, 0.1) is 6.16 Å². The minimum Gasteiger partial charge on any atom is -0.312 e. The first kappa shape index (κ1) is 11.6. The van der Waals surface area contributed by atoms with Gasteiger partial charge in [0.1, 0.15) is 0 Å².